The average Bonchev–Trinajstić information content (AvgIpc) is 2.38. The summed E-state index contributed by atoms with van der Waals surface area (Å²) in [6.07, 6.45) is 1.07. The smallest absolute Gasteiger partial charge is 0.123 e. The summed E-state index contributed by atoms with van der Waals surface area (Å²) in [5.74, 6) is -0.149. The molecule has 2 nitrogen and oxygen atoms in total. The van der Waals surface area contributed by atoms with Gasteiger partial charge in [0.1, 0.15) is 5.82 Å². The number of nitrogens with zero attached hydrogens (tertiary/aromatic N) is 1. The molecule has 120 valence electrons. The molecule has 0 aliphatic heterocycles. The molecule has 0 spiro atoms. The van der Waals surface area contributed by atoms with Crippen molar-refractivity contribution < 1.29 is 4.39 Å². The van der Waals surface area contributed by atoms with E-state index in [-0.39, 0.29) is 17.4 Å². The minimum atomic E-state index is -0.149. The SMILES string of the molecule is CCCNC(c1cc(C)cc(F)c1)C(C)(C)N(CC)CC. The van der Waals surface area contributed by atoms with E-state index in [9.17, 15) is 4.39 Å². The molecular formula is C18H31FN2. The van der Waals surface area contributed by atoms with Crippen molar-refractivity contribution in [1.82, 2.24) is 10.2 Å². The van der Waals surface area contributed by atoms with Crippen molar-refractivity contribution in [2.45, 2.75) is 59.5 Å². The summed E-state index contributed by atoms with van der Waals surface area (Å²) in [5.41, 5.74) is 1.94. The van der Waals surface area contributed by atoms with Crippen molar-refractivity contribution >= 4 is 0 Å². The summed E-state index contributed by atoms with van der Waals surface area (Å²) in [6, 6.07) is 5.48. The van der Waals surface area contributed by atoms with E-state index in [2.05, 4.69) is 50.9 Å². The molecule has 0 aliphatic rings. The van der Waals surface area contributed by atoms with Gasteiger partial charge in [0.15, 0.2) is 0 Å². The van der Waals surface area contributed by atoms with E-state index in [1.54, 1.807) is 12.1 Å². The fraction of sp³-hybridized carbons (Fsp3) is 0.667. The Morgan fingerprint density at radius 1 is 1.14 bits per heavy atom. The zero-order valence-corrected chi connectivity index (χ0v) is 14.5. The number of hydrogen-bond donors (Lipinski definition) is 1. The lowest BCUT2D eigenvalue weighted by atomic mass is 9.86. The Balaban J connectivity index is 3.20. The Bertz CT molecular complexity index is 419. The van der Waals surface area contributed by atoms with Gasteiger partial charge in [-0.15, -0.1) is 0 Å². The summed E-state index contributed by atoms with van der Waals surface area (Å²) < 4.78 is 13.8. The Kier molecular flexibility index (Phi) is 6.82. The Morgan fingerprint density at radius 2 is 1.76 bits per heavy atom. The van der Waals surface area contributed by atoms with E-state index in [0.717, 1.165) is 37.2 Å². The summed E-state index contributed by atoms with van der Waals surface area (Å²) in [6.45, 7) is 15.9. The van der Waals surface area contributed by atoms with Crippen LogP contribution in [0.25, 0.3) is 0 Å². The van der Waals surface area contributed by atoms with Crippen molar-refractivity contribution in [3.05, 3.63) is 35.1 Å². The van der Waals surface area contributed by atoms with E-state index in [1.165, 1.54) is 0 Å². The van der Waals surface area contributed by atoms with E-state index < -0.39 is 0 Å². The fourth-order valence-electron chi connectivity index (χ4n) is 3.22. The van der Waals surface area contributed by atoms with E-state index in [1.807, 2.05) is 6.92 Å². The molecule has 0 saturated heterocycles. The molecule has 1 unspecified atom stereocenters. The van der Waals surface area contributed by atoms with Gasteiger partial charge in [-0.2, -0.15) is 0 Å². The first-order valence-corrected chi connectivity index (χ1v) is 8.12. The highest BCUT2D eigenvalue weighted by Crippen LogP contribution is 2.32. The van der Waals surface area contributed by atoms with Gasteiger partial charge in [0.2, 0.25) is 0 Å². The molecular weight excluding hydrogens is 263 g/mol. The first-order valence-electron chi connectivity index (χ1n) is 8.12. The van der Waals surface area contributed by atoms with Gasteiger partial charge in [-0.25, -0.2) is 4.39 Å². The third-order valence-corrected chi connectivity index (χ3v) is 4.28. The molecule has 1 aromatic rings. The normalized spacial score (nSPS) is 13.7. The molecule has 3 heteroatoms. The number of aryl methyl sites for hydroxylation is 1. The minimum absolute atomic E-state index is 0.0705. The van der Waals surface area contributed by atoms with Crippen molar-refractivity contribution in [2.24, 2.45) is 0 Å². The highest BCUT2D eigenvalue weighted by atomic mass is 19.1. The monoisotopic (exact) mass is 294 g/mol. The average molecular weight is 294 g/mol. The van der Waals surface area contributed by atoms with Gasteiger partial charge in [-0.3, -0.25) is 4.90 Å². The van der Waals surface area contributed by atoms with Crippen LogP contribution in [-0.2, 0) is 0 Å². The number of benzene rings is 1. The maximum absolute atomic E-state index is 13.8. The molecule has 0 heterocycles. The highest BCUT2D eigenvalue weighted by molar-refractivity contribution is 5.28. The van der Waals surface area contributed by atoms with E-state index in [0.29, 0.717) is 0 Å². The standard InChI is InChI=1S/C18H31FN2/c1-7-10-20-17(18(5,6)21(8-2)9-3)15-11-14(4)12-16(19)13-15/h11-13,17,20H,7-10H2,1-6H3. The van der Waals surface area contributed by atoms with Crippen LogP contribution in [0.4, 0.5) is 4.39 Å². The minimum Gasteiger partial charge on any atom is -0.308 e. The van der Waals surface area contributed by atoms with Crippen LogP contribution in [0, 0.1) is 12.7 Å². The summed E-state index contributed by atoms with van der Waals surface area (Å²) in [4.78, 5) is 2.43. The molecule has 0 aromatic heterocycles. The van der Waals surface area contributed by atoms with Crippen LogP contribution in [0.2, 0.25) is 0 Å². The molecule has 1 rings (SSSR count). The topological polar surface area (TPSA) is 15.3 Å². The summed E-state index contributed by atoms with van der Waals surface area (Å²) in [7, 11) is 0. The lowest BCUT2D eigenvalue weighted by molar-refractivity contribution is 0.0910. The molecule has 1 N–H and O–H groups in total. The van der Waals surface area contributed by atoms with Crippen molar-refractivity contribution in [1.29, 1.82) is 0 Å². The molecule has 1 atom stereocenters. The molecule has 0 amide bonds. The summed E-state index contributed by atoms with van der Waals surface area (Å²) in [5, 5.41) is 3.62. The largest absolute Gasteiger partial charge is 0.308 e. The molecule has 0 fully saturated rings. The second-order valence-electron chi connectivity index (χ2n) is 6.28. The Hall–Kier alpha value is -0.930. The first kappa shape index (κ1) is 18.1. The maximum atomic E-state index is 13.8. The van der Waals surface area contributed by atoms with Gasteiger partial charge in [-0.1, -0.05) is 26.8 Å². The van der Waals surface area contributed by atoms with Crippen molar-refractivity contribution in [3.8, 4) is 0 Å². The number of rotatable bonds is 8. The lowest BCUT2D eigenvalue weighted by Crippen LogP contribution is -2.52. The molecule has 0 saturated carbocycles. The maximum Gasteiger partial charge on any atom is 0.123 e. The Labute approximate surface area is 129 Å². The van der Waals surface area contributed by atoms with E-state index in [4.69, 9.17) is 0 Å². The number of nitrogens with one attached hydrogen (secondary N) is 1. The molecule has 1 aromatic carbocycles. The van der Waals surface area contributed by atoms with Gasteiger partial charge >= 0.3 is 0 Å². The van der Waals surface area contributed by atoms with Gasteiger partial charge < -0.3 is 5.32 Å². The van der Waals surface area contributed by atoms with Crippen molar-refractivity contribution in [2.75, 3.05) is 19.6 Å². The first-order chi connectivity index (χ1) is 9.86. The zero-order chi connectivity index (χ0) is 16.0. The third kappa shape index (κ3) is 4.52. The van der Waals surface area contributed by atoms with Gasteiger partial charge in [0, 0.05) is 5.54 Å². The van der Waals surface area contributed by atoms with Crippen LogP contribution in [0.5, 0.6) is 0 Å². The summed E-state index contributed by atoms with van der Waals surface area (Å²) >= 11 is 0. The van der Waals surface area contributed by atoms with Crippen LogP contribution in [0.15, 0.2) is 18.2 Å². The van der Waals surface area contributed by atoms with Gasteiger partial charge in [-0.05, 0) is 70.1 Å². The number of hydrogen-bond acceptors (Lipinski definition) is 2. The molecule has 0 aliphatic carbocycles. The van der Waals surface area contributed by atoms with Gasteiger partial charge in [0.05, 0.1) is 6.04 Å². The fourth-order valence-corrected chi connectivity index (χ4v) is 3.22. The molecule has 0 bridgehead atoms. The van der Waals surface area contributed by atoms with Crippen LogP contribution >= 0.6 is 0 Å². The van der Waals surface area contributed by atoms with Crippen molar-refractivity contribution in [3.63, 3.8) is 0 Å². The number of likely N-dealkylation sites (N-methyl/N-ethyl adjacent to an activating group) is 1. The molecule has 0 radical (unpaired) electrons. The second kappa shape index (κ2) is 7.90. The van der Waals surface area contributed by atoms with E-state index >= 15 is 0 Å². The Morgan fingerprint density at radius 3 is 2.24 bits per heavy atom. The highest BCUT2D eigenvalue weighted by Gasteiger charge is 2.34. The zero-order valence-electron chi connectivity index (χ0n) is 14.5. The lowest BCUT2D eigenvalue weighted by Gasteiger charge is -2.44. The third-order valence-electron chi connectivity index (χ3n) is 4.28. The van der Waals surface area contributed by atoms with Crippen LogP contribution < -0.4 is 5.32 Å². The predicted octanol–water partition coefficient (Wildman–Crippen LogP) is 4.30. The predicted molar refractivity (Wildman–Crippen MR) is 89.2 cm³/mol. The van der Waals surface area contributed by atoms with Crippen LogP contribution in [0.3, 0.4) is 0 Å². The van der Waals surface area contributed by atoms with Crippen LogP contribution in [0.1, 0.15) is 58.2 Å². The number of halogens is 1. The molecule has 21 heavy (non-hydrogen) atoms. The van der Waals surface area contributed by atoms with Gasteiger partial charge in [0.25, 0.3) is 0 Å². The second-order valence-corrected chi connectivity index (χ2v) is 6.28. The van der Waals surface area contributed by atoms with Crippen LogP contribution in [-0.4, -0.2) is 30.1 Å². The quantitative estimate of drug-likeness (QED) is 0.769.